The number of nitro benzene ring substituents is 1. The van der Waals surface area contributed by atoms with E-state index >= 15 is 0 Å². The first kappa shape index (κ1) is 21.0. The number of nitro groups is 1. The Hall–Kier alpha value is -3.76. The highest BCUT2D eigenvalue weighted by Gasteiger charge is 2.19. The Morgan fingerprint density at radius 1 is 1.20 bits per heavy atom. The first-order chi connectivity index (χ1) is 14.2. The number of aryl methyl sites for hydroxylation is 2. The molecule has 0 fully saturated rings. The van der Waals surface area contributed by atoms with Gasteiger partial charge in [-0.05, 0) is 30.0 Å². The Bertz CT molecular complexity index is 1230. The number of nitrogens with zero attached hydrogens (tertiary/aromatic N) is 6. The Kier molecular flexibility index (Phi) is 5.81. The van der Waals surface area contributed by atoms with Gasteiger partial charge in [-0.15, -0.1) is 0 Å². The second kappa shape index (κ2) is 8.31. The highest BCUT2D eigenvalue weighted by Crippen LogP contribution is 2.18. The van der Waals surface area contributed by atoms with E-state index in [1.807, 2.05) is 0 Å². The van der Waals surface area contributed by atoms with E-state index in [1.165, 1.54) is 30.0 Å². The van der Waals surface area contributed by atoms with Crippen molar-refractivity contribution in [1.29, 1.82) is 0 Å². The van der Waals surface area contributed by atoms with Crippen LogP contribution in [-0.4, -0.2) is 29.8 Å². The van der Waals surface area contributed by atoms with Crippen molar-refractivity contribution in [2.24, 2.45) is 25.1 Å². The van der Waals surface area contributed by atoms with Crippen LogP contribution in [0.1, 0.15) is 25.8 Å². The van der Waals surface area contributed by atoms with E-state index in [0.29, 0.717) is 29.5 Å². The summed E-state index contributed by atoms with van der Waals surface area (Å²) in [6.07, 6.45) is 2.30. The van der Waals surface area contributed by atoms with Gasteiger partial charge in [0.05, 0.1) is 11.1 Å². The van der Waals surface area contributed by atoms with Gasteiger partial charge in [0.15, 0.2) is 11.2 Å². The van der Waals surface area contributed by atoms with Crippen LogP contribution in [-0.2, 0) is 20.6 Å². The molecule has 2 aromatic heterocycles. The van der Waals surface area contributed by atoms with Gasteiger partial charge in [0.25, 0.3) is 11.2 Å². The zero-order chi connectivity index (χ0) is 22.0. The van der Waals surface area contributed by atoms with Crippen LogP contribution in [0.5, 0.6) is 0 Å². The van der Waals surface area contributed by atoms with Crippen molar-refractivity contribution in [3.63, 3.8) is 0 Å². The molecule has 0 saturated carbocycles. The minimum absolute atomic E-state index is 0.00708. The van der Waals surface area contributed by atoms with Crippen LogP contribution in [0.2, 0.25) is 0 Å². The van der Waals surface area contributed by atoms with Crippen molar-refractivity contribution < 1.29 is 4.92 Å². The van der Waals surface area contributed by atoms with E-state index in [1.54, 1.807) is 23.7 Å². The van der Waals surface area contributed by atoms with Crippen LogP contribution in [0, 0.1) is 16.0 Å². The molecule has 0 aliphatic heterocycles. The van der Waals surface area contributed by atoms with Crippen molar-refractivity contribution in [2.45, 2.75) is 26.8 Å². The normalized spacial score (nSPS) is 11.6. The third-order valence-electron chi connectivity index (χ3n) is 4.76. The van der Waals surface area contributed by atoms with Crippen molar-refractivity contribution >= 4 is 29.0 Å². The summed E-state index contributed by atoms with van der Waals surface area (Å²) in [6.45, 7) is 4.68. The summed E-state index contributed by atoms with van der Waals surface area (Å²) in [5, 5.41) is 14.9. The lowest BCUT2D eigenvalue weighted by Gasteiger charge is -2.10. The topological polar surface area (TPSA) is 129 Å². The maximum absolute atomic E-state index is 12.7. The first-order valence-electron chi connectivity index (χ1n) is 9.40. The quantitative estimate of drug-likeness (QED) is 0.357. The molecule has 0 radical (unpaired) electrons. The minimum atomic E-state index is -0.471. The Morgan fingerprint density at radius 2 is 1.87 bits per heavy atom. The fourth-order valence-corrected chi connectivity index (χ4v) is 2.98. The summed E-state index contributed by atoms with van der Waals surface area (Å²) in [7, 11) is 3.00. The maximum Gasteiger partial charge on any atom is 0.332 e. The highest BCUT2D eigenvalue weighted by molar-refractivity contribution is 5.81. The highest BCUT2D eigenvalue weighted by atomic mass is 16.6. The number of hydrogen-bond acceptors (Lipinski definition) is 7. The molecule has 0 spiro atoms. The Balaban J connectivity index is 1.99. The molecule has 0 saturated heterocycles. The van der Waals surface area contributed by atoms with Gasteiger partial charge in [-0.1, -0.05) is 13.8 Å². The zero-order valence-electron chi connectivity index (χ0n) is 17.2. The summed E-state index contributed by atoms with van der Waals surface area (Å²) in [6, 6.07) is 5.92. The van der Waals surface area contributed by atoms with E-state index in [2.05, 4.69) is 29.4 Å². The van der Waals surface area contributed by atoms with Gasteiger partial charge in [0, 0.05) is 32.8 Å². The van der Waals surface area contributed by atoms with E-state index in [4.69, 9.17) is 0 Å². The molecule has 0 aliphatic carbocycles. The van der Waals surface area contributed by atoms with Gasteiger partial charge in [-0.2, -0.15) is 10.1 Å². The monoisotopic (exact) mass is 413 g/mol. The number of fused-ring (bicyclic) bond motifs is 1. The molecule has 0 unspecified atom stereocenters. The van der Waals surface area contributed by atoms with Crippen LogP contribution < -0.4 is 16.7 Å². The lowest BCUT2D eigenvalue weighted by molar-refractivity contribution is -0.384. The Labute approximate surface area is 171 Å². The van der Waals surface area contributed by atoms with Gasteiger partial charge in [-0.25, -0.2) is 10.2 Å². The second-order valence-corrected chi connectivity index (χ2v) is 7.37. The average Bonchev–Trinajstić information content (AvgIpc) is 3.08. The molecule has 158 valence electrons. The molecule has 0 atom stereocenters. The summed E-state index contributed by atoms with van der Waals surface area (Å²) in [5.74, 6) is 0.734. The van der Waals surface area contributed by atoms with Crippen molar-refractivity contribution in [3.05, 3.63) is 60.8 Å². The number of hydrogen-bond donors (Lipinski definition) is 1. The molecule has 0 aliphatic rings. The number of anilines is 1. The fourth-order valence-electron chi connectivity index (χ4n) is 2.98. The molecule has 1 N–H and O–H groups in total. The molecule has 2 heterocycles. The van der Waals surface area contributed by atoms with Crippen LogP contribution in [0.15, 0.2) is 39.0 Å². The number of nitrogens with one attached hydrogen (secondary N) is 1. The minimum Gasteiger partial charge on any atom is -0.303 e. The lowest BCUT2D eigenvalue weighted by Crippen LogP contribution is -2.37. The van der Waals surface area contributed by atoms with Crippen LogP contribution in [0.3, 0.4) is 0 Å². The zero-order valence-corrected chi connectivity index (χ0v) is 17.2. The molecule has 1 aromatic carbocycles. The standard InChI is InChI=1S/C19H23N7O4/c1-12(2)9-10-25-15-16(23(3)19(28)24(4)17(15)27)21-18(25)22-20-11-13-5-7-14(8-6-13)26(29)30/h5-8,11-12H,9-10H2,1-4H3,(H,21,22)/b20-11+. The third kappa shape index (κ3) is 4.00. The van der Waals surface area contributed by atoms with E-state index in [0.717, 1.165) is 11.0 Å². The van der Waals surface area contributed by atoms with Gasteiger partial charge in [0.2, 0.25) is 5.95 Å². The molecular formula is C19H23N7O4. The van der Waals surface area contributed by atoms with Gasteiger partial charge in [-0.3, -0.25) is 24.0 Å². The lowest BCUT2D eigenvalue weighted by atomic mass is 10.1. The summed E-state index contributed by atoms with van der Waals surface area (Å²) in [5.41, 5.74) is 3.21. The predicted octanol–water partition coefficient (Wildman–Crippen LogP) is 1.83. The van der Waals surface area contributed by atoms with E-state index < -0.39 is 16.2 Å². The Morgan fingerprint density at radius 3 is 2.47 bits per heavy atom. The van der Waals surface area contributed by atoms with Crippen LogP contribution >= 0.6 is 0 Å². The number of rotatable bonds is 7. The van der Waals surface area contributed by atoms with Crippen molar-refractivity contribution in [3.8, 4) is 0 Å². The SMILES string of the molecule is CC(C)CCn1c(N/N=C/c2ccc([N+](=O)[O-])cc2)nc2c1c(=O)n(C)c(=O)n2C. The fraction of sp³-hybridized carbons (Fsp3) is 0.368. The molecular weight excluding hydrogens is 390 g/mol. The molecule has 3 aromatic rings. The summed E-state index contributed by atoms with van der Waals surface area (Å²) < 4.78 is 4.11. The predicted molar refractivity (Wildman–Crippen MR) is 114 cm³/mol. The van der Waals surface area contributed by atoms with Gasteiger partial charge < -0.3 is 4.57 Å². The molecule has 11 heteroatoms. The molecule has 30 heavy (non-hydrogen) atoms. The maximum atomic E-state index is 12.7. The third-order valence-corrected chi connectivity index (χ3v) is 4.76. The van der Waals surface area contributed by atoms with E-state index in [-0.39, 0.29) is 11.3 Å². The smallest absolute Gasteiger partial charge is 0.303 e. The molecule has 3 rings (SSSR count). The molecule has 0 bridgehead atoms. The van der Waals surface area contributed by atoms with Crippen LogP contribution in [0.4, 0.5) is 11.6 Å². The number of aromatic nitrogens is 4. The summed E-state index contributed by atoms with van der Waals surface area (Å²) in [4.78, 5) is 39.7. The number of imidazole rings is 1. The first-order valence-corrected chi connectivity index (χ1v) is 9.40. The number of hydrazone groups is 1. The van der Waals surface area contributed by atoms with Crippen molar-refractivity contribution in [2.75, 3.05) is 5.43 Å². The molecule has 0 amide bonds. The average molecular weight is 413 g/mol. The van der Waals surface area contributed by atoms with Crippen molar-refractivity contribution in [1.82, 2.24) is 18.7 Å². The number of benzene rings is 1. The van der Waals surface area contributed by atoms with Crippen LogP contribution in [0.25, 0.3) is 11.2 Å². The van der Waals surface area contributed by atoms with Gasteiger partial charge >= 0.3 is 5.69 Å². The summed E-state index contributed by atoms with van der Waals surface area (Å²) >= 11 is 0. The molecule has 11 nitrogen and oxygen atoms in total. The number of non-ortho nitro benzene ring substituents is 1. The largest absolute Gasteiger partial charge is 0.332 e. The second-order valence-electron chi connectivity index (χ2n) is 7.37. The van der Waals surface area contributed by atoms with Gasteiger partial charge in [0.1, 0.15) is 0 Å². The van der Waals surface area contributed by atoms with E-state index in [9.17, 15) is 19.7 Å².